The van der Waals surface area contributed by atoms with Crippen molar-refractivity contribution in [2.45, 2.75) is 23.6 Å². The largest absolute Gasteiger partial charge is 0.462 e. The second-order valence-electron chi connectivity index (χ2n) is 6.45. The average Bonchev–Trinajstić information content (AvgIpc) is 3.09. The number of carbonyl (C=O) groups excluding carboxylic acids is 1. The lowest BCUT2D eigenvalue weighted by Gasteiger charge is -2.10. The van der Waals surface area contributed by atoms with Gasteiger partial charge in [-0.15, -0.1) is 0 Å². The van der Waals surface area contributed by atoms with Gasteiger partial charge in [-0.05, 0) is 56.3 Å². The summed E-state index contributed by atoms with van der Waals surface area (Å²) >= 11 is 0. The first-order valence-electron chi connectivity index (χ1n) is 9.01. The SMILES string of the molecule is CCOC(=O)c1cnn(-c2ccc(NS(=O)(=O)c3cccc(S(N)(=O)=O)c3)cc2)c1C. The molecule has 0 aliphatic carbocycles. The summed E-state index contributed by atoms with van der Waals surface area (Å²) < 4.78 is 57.1. The molecule has 0 atom stereocenters. The molecule has 10 nitrogen and oxygen atoms in total. The third-order valence-electron chi connectivity index (χ3n) is 4.31. The van der Waals surface area contributed by atoms with Crippen molar-refractivity contribution in [1.29, 1.82) is 0 Å². The minimum absolute atomic E-state index is 0.245. The lowest BCUT2D eigenvalue weighted by Crippen LogP contribution is -2.16. The molecular formula is C19H20N4O6S2. The van der Waals surface area contributed by atoms with Crippen LogP contribution in [0.25, 0.3) is 5.69 Å². The van der Waals surface area contributed by atoms with E-state index in [1.165, 1.54) is 41.2 Å². The highest BCUT2D eigenvalue weighted by Gasteiger charge is 2.19. The Morgan fingerprint density at radius 2 is 1.74 bits per heavy atom. The Kier molecular flexibility index (Phi) is 6.15. The van der Waals surface area contributed by atoms with Gasteiger partial charge in [0, 0.05) is 5.69 Å². The number of hydrogen-bond donors (Lipinski definition) is 2. The number of sulfonamides is 2. The highest BCUT2D eigenvalue weighted by Crippen LogP contribution is 2.21. The summed E-state index contributed by atoms with van der Waals surface area (Å²) in [5.41, 5.74) is 1.76. The van der Waals surface area contributed by atoms with E-state index in [1.54, 1.807) is 26.0 Å². The minimum atomic E-state index is -4.05. The Bertz CT molecular complexity index is 1330. The molecule has 31 heavy (non-hydrogen) atoms. The summed E-state index contributed by atoms with van der Waals surface area (Å²) in [5, 5.41) is 9.24. The number of benzene rings is 2. The lowest BCUT2D eigenvalue weighted by molar-refractivity contribution is 0.0525. The Balaban J connectivity index is 1.84. The van der Waals surface area contributed by atoms with Crippen molar-refractivity contribution in [3.63, 3.8) is 0 Å². The fraction of sp³-hybridized carbons (Fsp3) is 0.158. The number of nitrogens with two attached hydrogens (primary N) is 1. The number of nitrogens with one attached hydrogen (secondary N) is 1. The van der Waals surface area contributed by atoms with E-state index in [1.807, 2.05) is 0 Å². The molecule has 12 heteroatoms. The highest BCUT2D eigenvalue weighted by atomic mass is 32.2. The van der Waals surface area contributed by atoms with Crippen LogP contribution >= 0.6 is 0 Å². The molecule has 3 aromatic rings. The number of carbonyl (C=O) groups is 1. The zero-order chi connectivity index (χ0) is 22.8. The molecule has 2 aromatic carbocycles. The molecule has 0 spiro atoms. The predicted molar refractivity (Wildman–Crippen MR) is 113 cm³/mol. The molecule has 3 rings (SSSR count). The summed E-state index contributed by atoms with van der Waals surface area (Å²) in [4.78, 5) is 11.4. The molecule has 0 fully saturated rings. The molecule has 1 aromatic heterocycles. The van der Waals surface area contributed by atoms with E-state index in [9.17, 15) is 21.6 Å². The van der Waals surface area contributed by atoms with E-state index in [-0.39, 0.29) is 22.1 Å². The topological polar surface area (TPSA) is 150 Å². The molecule has 1 heterocycles. The van der Waals surface area contributed by atoms with E-state index in [4.69, 9.17) is 9.88 Å². The van der Waals surface area contributed by atoms with Crippen molar-refractivity contribution in [1.82, 2.24) is 9.78 Å². The Hall–Kier alpha value is -3.22. The molecule has 0 amide bonds. The number of hydrogen-bond acceptors (Lipinski definition) is 7. The Labute approximate surface area is 179 Å². The van der Waals surface area contributed by atoms with Crippen molar-refractivity contribution < 1.29 is 26.4 Å². The van der Waals surface area contributed by atoms with E-state index < -0.39 is 26.0 Å². The summed E-state index contributed by atoms with van der Waals surface area (Å²) in [6, 6.07) is 11.0. The van der Waals surface area contributed by atoms with Crippen LogP contribution in [0.2, 0.25) is 0 Å². The number of primary sulfonamides is 1. The van der Waals surface area contributed by atoms with Gasteiger partial charge < -0.3 is 4.74 Å². The fourth-order valence-corrected chi connectivity index (χ4v) is 4.52. The van der Waals surface area contributed by atoms with Crippen LogP contribution in [0.3, 0.4) is 0 Å². The van der Waals surface area contributed by atoms with Gasteiger partial charge in [-0.25, -0.2) is 31.5 Å². The van der Waals surface area contributed by atoms with Crippen LogP contribution in [0.4, 0.5) is 5.69 Å². The van der Waals surface area contributed by atoms with E-state index in [0.717, 1.165) is 6.07 Å². The smallest absolute Gasteiger partial charge is 0.341 e. The van der Waals surface area contributed by atoms with Crippen molar-refractivity contribution in [3.8, 4) is 5.69 Å². The van der Waals surface area contributed by atoms with Gasteiger partial charge in [-0.3, -0.25) is 4.72 Å². The number of ether oxygens (including phenoxy) is 1. The monoisotopic (exact) mass is 464 g/mol. The third kappa shape index (κ3) is 4.93. The number of nitrogens with zero attached hydrogens (tertiary/aromatic N) is 2. The number of anilines is 1. The molecule has 0 bridgehead atoms. The van der Waals surface area contributed by atoms with Gasteiger partial charge in [-0.2, -0.15) is 5.10 Å². The Morgan fingerprint density at radius 1 is 1.10 bits per heavy atom. The maximum absolute atomic E-state index is 12.6. The van der Waals surface area contributed by atoms with Crippen LogP contribution in [-0.4, -0.2) is 39.2 Å². The molecule has 0 saturated heterocycles. The maximum Gasteiger partial charge on any atom is 0.341 e. The molecular weight excluding hydrogens is 444 g/mol. The summed E-state index contributed by atoms with van der Waals surface area (Å²) in [5.74, 6) is -0.475. The zero-order valence-corrected chi connectivity index (χ0v) is 18.3. The van der Waals surface area contributed by atoms with E-state index in [2.05, 4.69) is 9.82 Å². The van der Waals surface area contributed by atoms with Crippen LogP contribution < -0.4 is 9.86 Å². The van der Waals surface area contributed by atoms with Crippen LogP contribution in [0.15, 0.2) is 64.5 Å². The first kappa shape index (κ1) is 22.5. The normalized spacial score (nSPS) is 11.8. The summed E-state index contributed by atoms with van der Waals surface area (Å²) in [6.07, 6.45) is 1.41. The quantitative estimate of drug-likeness (QED) is 0.506. The van der Waals surface area contributed by atoms with Crippen LogP contribution in [0.1, 0.15) is 23.0 Å². The predicted octanol–water partition coefficient (Wildman–Crippen LogP) is 1.81. The van der Waals surface area contributed by atoms with Gasteiger partial charge >= 0.3 is 5.97 Å². The van der Waals surface area contributed by atoms with Crippen LogP contribution in [0.5, 0.6) is 0 Å². The van der Waals surface area contributed by atoms with Gasteiger partial charge in [0.05, 0.1) is 34.0 Å². The summed E-state index contributed by atoms with van der Waals surface area (Å²) in [7, 11) is -8.09. The first-order chi connectivity index (χ1) is 14.5. The molecule has 0 unspecified atom stereocenters. The second kappa shape index (κ2) is 8.49. The number of aromatic nitrogens is 2. The van der Waals surface area contributed by atoms with Crippen molar-refractivity contribution in [3.05, 3.63) is 66.0 Å². The molecule has 0 saturated carbocycles. The van der Waals surface area contributed by atoms with Crippen molar-refractivity contribution in [2.75, 3.05) is 11.3 Å². The van der Waals surface area contributed by atoms with Gasteiger partial charge in [0.25, 0.3) is 10.0 Å². The van der Waals surface area contributed by atoms with E-state index >= 15 is 0 Å². The zero-order valence-electron chi connectivity index (χ0n) is 16.6. The average molecular weight is 465 g/mol. The Morgan fingerprint density at radius 3 is 2.35 bits per heavy atom. The van der Waals surface area contributed by atoms with Gasteiger partial charge in [0.15, 0.2) is 0 Å². The molecule has 3 N–H and O–H groups in total. The van der Waals surface area contributed by atoms with Crippen molar-refractivity contribution >= 4 is 31.7 Å². The lowest BCUT2D eigenvalue weighted by atomic mass is 10.2. The van der Waals surface area contributed by atoms with Gasteiger partial charge in [0.1, 0.15) is 5.56 Å². The number of esters is 1. The summed E-state index contributed by atoms with van der Waals surface area (Å²) in [6.45, 7) is 3.68. The van der Waals surface area contributed by atoms with E-state index in [0.29, 0.717) is 16.9 Å². The third-order valence-corrected chi connectivity index (χ3v) is 6.60. The molecule has 0 radical (unpaired) electrons. The van der Waals surface area contributed by atoms with Crippen molar-refractivity contribution in [2.24, 2.45) is 5.14 Å². The number of rotatable bonds is 7. The highest BCUT2D eigenvalue weighted by molar-refractivity contribution is 7.93. The molecule has 0 aliphatic heterocycles. The standard InChI is InChI=1S/C19H20N4O6S2/c1-3-29-19(24)18-12-21-23(13(18)2)15-9-7-14(8-10-15)22-31(27,28)17-6-4-5-16(11-17)30(20,25)26/h4-12,22H,3H2,1-2H3,(H2,20,25,26). The van der Waals surface area contributed by atoms with Gasteiger partial charge in [0.2, 0.25) is 10.0 Å². The van der Waals surface area contributed by atoms with Crippen LogP contribution in [-0.2, 0) is 24.8 Å². The fourth-order valence-electron chi connectivity index (χ4n) is 2.78. The van der Waals surface area contributed by atoms with Crippen LogP contribution in [0, 0.1) is 6.92 Å². The second-order valence-corrected chi connectivity index (χ2v) is 9.69. The minimum Gasteiger partial charge on any atom is -0.462 e. The maximum atomic E-state index is 12.6. The first-order valence-corrected chi connectivity index (χ1v) is 12.0. The molecule has 0 aliphatic rings. The molecule has 164 valence electrons. The van der Waals surface area contributed by atoms with Gasteiger partial charge in [-0.1, -0.05) is 6.07 Å².